The van der Waals surface area contributed by atoms with Crippen LogP contribution in [-0.2, 0) is 6.54 Å². The lowest BCUT2D eigenvalue weighted by atomic mass is 10.1. The molecule has 0 fully saturated rings. The zero-order valence-corrected chi connectivity index (χ0v) is 13.6. The van der Waals surface area contributed by atoms with Gasteiger partial charge >= 0.3 is 6.03 Å². The lowest BCUT2D eigenvalue weighted by molar-refractivity contribution is 0.0958. The van der Waals surface area contributed by atoms with Crippen molar-refractivity contribution in [2.75, 3.05) is 11.9 Å². The zero-order chi connectivity index (χ0) is 17.4. The van der Waals surface area contributed by atoms with Gasteiger partial charge in [0.25, 0.3) is 5.91 Å². The number of aryl methyl sites for hydroxylation is 1. The van der Waals surface area contributed by atoms with Crippen molar-refractivity contribution in [3.63, 3.8) is 0 Å². The predicted octanol–water partition coefficient (Wildman–Crippen LogP) is 3.23. The number of benzene rings is 2. The minimum Gasteiger partial charge on any atom is -0.349 e. The van der Waals surface area contributed by atoms with Crippen molar-refractivity contribution in [3.05, 3.63) is 77.9 Å². The van der Waals surface area contributed by atoms with Crippen molar-refractivity contribution in [1.29, 1.82) is 0 Å². The van der Waals surface area contributed by atoms with Crippen LogP contribution in [0.15, 0.2) is 61.2 Å². The molecule has 0 unspecified atom stereocenters. The van der Waals surface area contributed by atoms with Crippen LogP contribution < -0.4 is 16.0 Å². The second-order valence-corrected chi connectivity index (χ2v) is 5.37. The first-order chi connectivity index (χ1) is 11.6. The van der Waals surface area contributed by atoms with Crippen molar-refractivity contribution in [2.45, 2.75) is 13.5 Å². The summed E-state index contributed by atoms with van der Waals surface area (Å²) in [5.41, 5.74) is 3.35. The molecular formula is C19H21N3O2. The lowest BCUT2D eigenvalue weighted by Crippen LogP contribution is -2.28. The molecule has 2 rings (SSSR count). The summed E-state index contributed by atoms with van der Waals surface area (Å²) >= 11 is 0. The van der Waals surface area contributed by atoms with Gasteiger partial charge in [0.2, 0.25) is 0 Å². The average molecular weight is 323 g/mol. The predicted molar refractivity (Wildman–Crippen MR) is 96.0 cm³/mol. The maximum atomic E-state index is 11.9. The standard InChI is InChI=1S/C19H21N3O2/c1-3-11-20-18(23)16-7-9-17(10-8-16)22-19(24)21-13-15-6-4-5-14(2)12-15/h3-10,12H,1,11,13H2,2H3,(H,20,23)(H2,21,22,24). The molecule has 0 aliphatic rings. The number of urea groups is 1. The molecule has 3 N–H and O–H groups in total. The molecule has 2 aromatic rings. The molecule has 124 valence electrons. The van der Waals surface area contributed by atoms with E-state index in [2.05, 4.69) is 22.5 Å². The maximum Gasteiger partial charge on any atom is 0.319 e. The number of nitrogens with one attached hydrogen (secondary N) is 3. The third-order valence-corrected chi connectivity index (χ3v) is 3.35. The van der Waals surface area contributed by atoms with E-state index in [4.69, 9.17) is 0 Å². The van der Waals surface area contributed by atoms with Crippen molar-refractivity contribution in [3.8, 4) is 0 Å². The van der Waals surface area contributed by atoms with E-state index in [-0.39, 0.29) is 11.9 Å². The molecule has 5 heteroatoms. The number of anilines is 1. The molecule has 0 aromatic heterocycles. The van der Waals surface area contributed by atoms with Crippen LogP contribution in [0.3, 0.4) is 0 Å². The van der Waals surface area contributed by atoms with Gasteiger partial charge in [0, 0.05) is 24.3 Å². The summed E-state index contributed by atoms with van der Waals surface area (Å²) in [5, 5.41) is 8.23. The molecule has 0 spiro atoms. The first kappa shape index (κ1) is 17.3. The van der Waals surface area contributed by atoms with Gasteiger partial charge in [-0.05, 0) is 36.8 Å². The van der Waals surface area contributed by atoms with Gasteiger partial charge in [-0.25, -0.2) is 4.79 Å². The van der Waals surface area contributed by atoms with E-state index in [1.807, 2.05) is 31.2 Å². The Labute approximate surface area is 141 Å². The number of amides is 3. The van der Waals surface area contributed by atoms with E-state index < -0.39 is 0 Å². The molecule has 0 atom stereocenters. The van der Waals surface area contributed by atoms with Gasteiger partial charge < -0.3 is 16.0 Å². The molecule has 3 amide bonds. The Bertz CT molecular complexity index is 724. The quantitative estimate of drug-likeness (QED) is 0.714. The summed E-state index contributed by atoms with van der Waals surface area (Å²) in [6.07, 6.45) is 1.62. The smallest absolute Gasteiger partial charge is 0.319 e. The Hall–Kier alpha value is -3.08. The van der Waals surface area contributed by atoms with E-state index in [0.29, 0.717) is 24.3 Å². The first-order valence-electron chi connectivity index (χ1n) is 7.68. The summed E-state index contributed by atoms with van der Waals surface area (Å²) < 4.78 is 0. The summed E-state index contributed by atoms with van der Waals surface area (Å²) in [6, 6.07) is 14.4. The second-order valence-electron chi connectivity index (χ2n) is 5.37. The fraction of sp³-hybridized carbons (Fsp3) is 0.158. The second kappa shape index (κ2) is 8.53. The van der Waals surface area contributed by atoms with Gasteiger partial charge in [-0.3, -0.25) is 4.79 Å². The van der Waals surface area contributed by atoms with Crippen molar-refractivity contribution in [2.24, 2.45) is 0 Å². The lowest BCUT2D eigenvalue weighted by Gasteiger charge is -2.09. The molecule has 0 saturated heterocycles. The van der Waals surface area contributed by atoms with Crippen LogP contribution in [0.2, 0.25) is 0 Å². The minimum atomic E-state index is -0.291. The Morgan fingerprint density at radius 2 is 1.83 bits per heavy atom. The molecule has 0 heterocycles. The normalized spacial score (nSPS) is 9.88. The molecule has 0 aliphatic carbocycles. The molecule has 24 heavy (non-hydrogen) atoms. The van der Waals surface area contributed by atoms with E-state index >= 15 is 0 Å². The third-order valence-electron chi connectivity index (χ3n) is 3.35. The van der Waals surface area contributed by atoms with E-state index in [1.165, 1.54) is 0 Å². The fourth-order valence-electron chi connectivity index (χ4n) is 2.15. The van der Waals surface area contributed by atoms with Crippen LogP contribution in [0, 0.1) is 6.92 Å². The van der Waals surface area contributed by atoms with Crippen LogP contribution in [-0.4, -0.2) is 18.5 Å². The van der Waals surface area contributed by atoms with Gasteiger partial charge in [0.1, 0.15) is 0 Å². The molecule has 0 aliphatic heterocycles. The van der Waals surface area contributed by atoms with Crippen LogP contribution in [0.25, 0.3) is 0 Å². The third kappa shape index (κ3) is 5.28. The summed E-state index contributed by atoms with van der Waals surface area (Å²) in [5.74, 6) is -0.176. The highest BCUT2D eigenvalue weighted by molar-refractivity contribution is 5.95. The highest BCUT2D eigenvalue weighted by atomic mass is 16.2. The van der Waals surface area contributed by atoms with Crippen molar-refractivity contribution < 1.29 is 9.59 Å². The van der Waals surface area contributed by atoms with Crippen LogP contribution in [0.4, 0.5) is 10.5 Å². The molecule has 0 radical (unpaired) electrons. The number of carbonyl (C=O) groups is 2. The summed E-state index contributed by atoms with van der Waals surface area (Å²) in [6.45, 7) is 6.43. The average Bonchev–Trinajstić information content (AvgIpc) is 2.58. The van der Waals surface area contributed by atoms with Gasteiger partial charge in [0.05, 0.1) is 0 Å². The minimum absolute atomic E-state index is 0.176. The first-order valence-corrected chi connectivity index (χ1v) is 7.68. The summed E-state index contributed by atoms with van der Waals surface area (Å²) in [7, 11) is 0. The molecule has 5 nitrogen and oxygen atoms in total. The number of hydrogen-bond acceptors (Lipinski definition) is 2. The van der Waals surface area contributed by atoms with Crippen molar-refractivity contribution in [1.82, 2.24) is 10.6 Å². The van der Waals surface area contributed by atoms with Crippen LogP contribution >= 0.6 is 0 Å². The van der Waals surface area contributed by atoms with Crippen LogP contribution in [0.5, 0.6) is 0 Å². The number of carbonyl (C=O) groups excluding carboxylic acids is 2. The van der Waals surface area contributed by atoms with Crippen LogP contribution in [0.1, 0.15) is 21.5 Å². The summed E-state index contributed by atoms with van der Waals surface area (Å²) in [4.78, 5) is 23.7. The van der Waals surface area contributed by atoms with Gasteiger partial charge in [-0.2, -0.15) is 0 Å². The Kier molecular flexibility index (Phi) is 6.14. The Balaban J connectivity index is 1.85. The van der Waals surface area contributed by atoms with E-state index in [9.17, 15) is 9.59 Å². The molecule has 0 saturated carbocycles. The SMILES string of the molecule is C=CCNC(=O)c1ccc(NC(=O)NCc2cccc(C)c2)cc1. The van der Waals surface area contributed by atoms with Crippen molar-refractivity contribution >= 4 is 17.6 Å². The Morgan fingerprint density at radius 3 is 2.50 bits per heavy atom. The van der Waals surface area contributed by atoms with E-state index in [0.717, 1.165) is 11.1 Å². The maximum absolute atomic E-state index is 11.9. The molecule has 2 aromatic carbocycles. The number of rotatable bonds is 6. The largest absolute Gasteiger partial charge is 0.349 e. The Morgan fingerprint density at radius 1 is 1.08 bits per heavy atom. The molecule has 0 bridgehead atoms. The van der Waals surface area contributed by atoms with E-state index in [1.54, 1.807) is 30.3 Å². The topological polar surface area (TPSA) is 70.2 Å². The zero-order valence-electron chi connectivity index (χ0n) is 13.6. The fourth-order valence-corrected chi connectivity index (χ4v) is 2.15. The highest BCUT2D eigenvalue weighted by Gasteiger charge is 2.05. The molecular weight excluding hydrogens is 302 g/mol. The van der Waals surface area contributed by atoms with Gasteiger partial charge in [-0.1, -0.05) is 35.9 Å². The van der Waals surface area contributed by atoms with Gasteiger partial charge in [-0.15, -0.1) is 6.58 Å². The highest BCUT2D eigenvalue weighted by Crippen LogP contribution is 2.10. The monoisotopic (exact) mass is 323 g/mol. The number of hydrogen-bond donors (Lipinski definition) is 3. The van der Waals surface area contributed by atoms with Gasteiger partial charge in [0.15, 0.2) is 0 Å².